The molecule has 1 aliphatic carbocycles. The number of imidazole rings is 1. The van der Waals surface area contributed by atoms with Gasteiger partial charge in [-0.3, -0.25) is 4.79 Å². The van der Waals surface area contributed by atoms with Gasteiger partial charge in [-0.1, -0.05) is 0 Å². The summed E-state index contributed by atoms with van der Waals surface area (Å²) in [6.07, 6.45) is 7.66. The van der Waals surface area contributed by atoms with Gasteiger partial charge in [-0.2, -0.15) is 4.98 Å². The number of methoxy groups -OCH3 is 1. The molecule has 0 radical (unpaired) electrons. The number of fused-ring (bicyclic) bond motifs is 3. The van der Waals surface area contributed by atoms with Crippen LogP contribution in [0.3, 0.4) is 0 Å². The first-order valence-electron chi connectivity index (χ1n) is 10.0. The van der Waals surface area contributed by atoms with Crippen LogP contribution < -0.4 is 10.1 Å². The van der Waals surface area contributed by atoms with E-state index in [0.29, 0.717) is 29.7 Å². The van der Waals surface area contributed by atoms with Crippen molar-refractivity contribution in [3.05, 3.63) is 43.0 Å². The highest BCUT2D eigenvalue weighted by atomic mass is 16.5. The monoisotopic (exact) mass is 403 g/mol. The molecule has 9 heteroatoms. The molecule has 2 aliphatic rings. The molecule has 30 heavy (non-hydrogen) atoms. The van der Waals surface area contributed by atoms with Gasteiger partial charge in [-0.05, 0) is 18.2 Å². The average molecular weight is 403 g/mol. The van der Waals surface area contributed by atoms with Crippen molar-refractivity contribution in [2.45, 2.75) is 13.0 Å². The molecule has 4 aromatic heterocycles. The molecular weight excluding hydrogens is 382 g/mol. The van der Waals surface area contributed by atoms with Crippen LogP contribution in [0.4, 0.5) is 5.95 Å². The van der Waals surface area contributed by atoms with Crippen molar-refractivity contribution >= 4 is 23.0 Å². The molecule has 2 atom stereocenters. The summed E-state index contributed by atoms with van der Waals surface area (Å²) in [7, 11) is 1.62. The molecule has 1 saturated heterocycles. The second-order valence-electron chi connectivity index (χ2n) is 8.00. The zero-order valence-corrected chi connectivity index (χ0v) is 16.7. The fraction of sp³-hybridized carbons (Fsp3) is 0.333. The molecule has 0 bridgehead atoms. The number of hydrogen-bond donors (Lipinski definition) is 1. The third-order valence-electron chi connectivity index (χ3n) is 6.31. The molecule has 0 aromatic carbocycles. The number of amides is 1. The molecule has 1 saturated carbocycles. The highest BCUT2D eigenvalue weighted by Crippen LogP contribution is 2.47. The van der Waals surface area contributed by atoms with Gasteiger partial charge in [0, 0.05) is 73.8 Å². The predicted molar refractivity (Wildman–Crippen MR) is 110 cm³/mol. The lowest BCUT2D eigenvalue weighted by Gasteiger charge is -2.18. The first-order chi connectivity index (χ1) is 14.6. The normalized spacial score (nSPS) is 22.5. The number of piperidine rings is 1. The minimum atomic E-state index is 0.147. The van der Waals surface area contributed by atoms with Crippen molar-refractivity contribution in [1.29, 1.82) is 0 Å². The van der Waals surface area contributed by atoms with Crippen LogP contribution in [0.25, 0.3) is 22.3 Å². The van der Waals surface area contributed by atoms with Crippen LogP contribution in [0.15, 0.2) is 43.0 Å². The lowest BCUT2D eigenvalue weighted by atomic mass is 10.1. The molecule has 1 N–H and O–H groups in total. The summed E-state index contributed by atoms with van der Waals surface area (Å²) < 4.78 is 9.41. The largest absolute Gasteiger partial charge is 0.479 e. The number of hydrogen-bond acceptors (Lipinski definition) is 6. The van der Waals surface area contributed by atoms with Gasteiger partial charge < -0.3 is 19.4 Å². The Balaban J connectivity index is 1.31. The Bertz CT molecular complexity index is 1280. The number of carbonyl (C=O) groups excluding carboxylic acids is 1. The van der Waals surface area contributed by atoms with Gasteiger partial charge in [0.2, 0.25) is 17.7 Å². The first kappa shape index (κ1) is 17.3. The van der Waals surface area contributed by atoms with E-state index in [1.54, 1.807) is 20.2 Å². The Morgan fingerprint density at radius 2 is 2.03 bits per heavy atom. The summed E-state index contributed by atoms with van der Waals surface area (Å²) in [5.41, 5.74) is 3.75. The number of nitrogens with one attached hydrogen (secondary N) is 1. The van der Waals surface area contributed by atoms with Gasteiger partial charge in [-0.15, -0.1) is 5.10 Å². The quantitative estimate of drug-likeness (QED) is 0.560. The maximum atomic E-state index is 11.5. The summed E-state index contributed by atoms with van der Waals surface area (Å²) in [4.78, 5) is 22.4. The molecule has 5 heterocycles. The summed E-state index contributed by atoms with van der Waals surface area (Å²) in [5, 5.41) is 8.10. The minimum Gasteiger partial charge on any atom is -0.479 e. The van der Waals surface area contributed by atoms with Crippen LogP contribution >= 0.6 is 0 Å². The van der Waals surface area contributed by atoms with E-state index in [-0.39, 0.29) is 5.91 Å². The Morgan fingerprint density at radius 1 is 1.20 bits per heavy atom. The van der Waals surface area contributed by atoms with Gasteiger partial charge in [0.15, 0.2) is 0 Å². The number of aromatic nitrogens is 5. The Kier molecular flexibility index (Phi) is 3.56. The minimum absolute atomic E-state index is 0.147. The van der Waals surface area contributed by atoms with Crippen LogP contribution in [-0.2, 0) is 4.79 Å². The molecular formula is C21H21N7O2. The fourth-order valence-electron chi connectivity index (χ4n) is 4.65. The van der Waals surface area contributed by atoms with Crippen molar-refractivity contribution in [2.75, 3.05) is 25.5 Å². The highest BCUT2D eigenvalue weighted by Gasteiger charge is 2.56. The number of likely N-dealkylation sites (tertiary alicyclic amines) is 1. The van der Waals surface area contributed by atoms with E-state index in [4.69, 9.17) is 4.74 Å². The Morgan fingerprint density at radius 3 is 2.80 bits per heavy atom. The maximum Gasteiger partial charge on any atom is 0.244 e. The van der Waals surface area contributed by atoms with E-state index in [0.717, 1.165) is 35.4 Å². The van der Waals surface area contributed by atoms with E-state index in [9.17, 15) is 4.79 Å². The molecule has 1 aliphatic heterocycles. The summed E-state index contributed by atoms with van der Waals surface area (Å²) in [6, 6.07) is 6.35. The van der Waals surface area contributed by atoms with E-state index in [2.05, 4.69) is 20.4 Å². The molecule has 2 fully saturated rings. The summed E-state index contributed by atoms with van der Waals surface area (Å²) in [5.74, 6) is 2.16. The Labute approximate surface area is 172 Å². The van der Waals surface area contributed by atoms with Gasteiger partial charge in [0.05, 0.1) is 7.11 Å². The fourth-order valence-corrected chi connectivity index (χ4v) is 4.65. The molecule has 2 unspecified atom stereocenters. The van der Waals surface area contributed by atoms with E-state index >= 15 is 0 Å². The molecule has 9 nitrogen and oxygen atoms in total. The van der Waals surface area contributed by atoms with Crippen molar-refractivity contribution in [3.63, 3.8) is 0 Å². The molecule has 4 aromatic rings. The number of pyridine rings is 1. The highest BCUT2D eigenvalue weighted by molar-refractivity contribution is 5.84. The number of carbonyl (C=O) groups is 1. The zero-order chi connectivity index (χ0) is 20.4. The van der Waals surface area contributed by atoms with Gasteiger partial charge in [-0.25, -0.2) is 9.50 Å². The first-order valence-corrected chi connectivity index (χ1v) is 10.0. The van der Waals surface area contributed by atoms with Crippen molar-refractivity contribution in [2.24, 2.45) is 11.8 Å². The van der Waals surface area contributed by atoms with Crippen LogP contribution in [0.1, 0.15) is 6.92 Å². The van der Waals surface area contributed by atoms with Crippen molar-refractivity contribution < 1.29 is 9.53 Å². The van der Waals surface area contributed by atoms with E-state index in [1.165, 1.54) is 0 Å². The van der Waals surface area contributed by atoms with Crippen molar-refractivity contribution in [3.8, 4) is 17.0 Å². The van der Waals surface area contributed by atoms with Crippen LogP contribution in [0, 0.1) is 11.8 Å². The number of ether oxygens (including phenoxy) is 1. The lowest BCUT2D eigenvalue weighted by Crippen LogP contribution is -2.32. The molecule has 152 valence electrons. The summed E-state index contributed by atoms with van der Waals surface area (Å²) >= 11 is 0. The van der Waals surface area contributed by atoms with Crippen LogP contribution in [0.5, 0.6) is 5.88 Å². The van der Waals surface area contributed by atoms with Crippen molar-refractivity contribution in [1.82, 2.24) is 28.9 Å². The molecule has 1 amide bonds. The van der Waals surface area contributed by atoms with E-state index in [1.807, 2.05) is 50.6 Å². The van der Waals surface area contributed by atoms with Gasteiger partial charge in [0.1, 0.15) is 11.2 Å². The van der Waals surface area contributed by atoms with Gasteiger partial charge in [0.25, 0.3) is 0 Å². The third-order valence-corrected chi connectivity index (χ3v) is 6.31. The van der Waals surface area contributed by atoms with Crippen LogP contribution in [-0.4, -0.2) is 61.0 Å². The molecule has 0 spiro atoms. The van der Waals surface area contributed by atoms with E-state index < -0.39 is 0 Å². The maximum absolute atomic E-state index is 11.5. The summed E-state index contributed by atoms with van der Waals surface area (Å²) in [6.45, 7) is 3.24. The standard InChI is InChI=1S/C21H21N7O2/c1-12(29)27-10-15-16(11-27)18(15)23-21-24-20(30-2)19-14(5-7-28(19)25-21)13-3-4-17-22-6-8-26(17)9-13/h3-9,15-16,18H,10-11H2,1-2H3,(H,23,25). The topological polar surface area (TPSA) is 89.1 Å². The predicted octanol–water partition coefficient (Wildman–Crippen LogP) is 1.94. The second-order valence-corrected chi connectivity index (χ2v) is 8.00. The zero-order valence-electron chi connectivity index (χ0n) is 16.7. The smallest absolute Gasteiger partial charge is 0.244 e. The van der Waals surface area contributed by atoms with Crippen LogP contribution in [0.2, 0.25) is 0 Å². The number of rotatable bonds is 4. The third kappa shape index (κ3) is 2.54. The average Bonchev–Trinajstić information content (AvgIpc) is 3.23. The number of nitrogens with zero attached hydrogens (tertiary/aromatic N) is 6. The lowest BCUT2D eigenvalue weighted by molar-refractivity contribution is -0.128. The molecule has 6 rings (SSSR count). The SMILES string of the molecule is COc1nc(NC2C3CN(C(C)=O)CC32)nn2ccc(-c3ccc4nccn4c3)c12. The van der Waals surface area contributed by atoms with Gasteiger partial charge >= 0.3 is 0 Å². The number of anilines is 1. The Hall–Kier alpha value is -3.62. The second kappa shape index (κ2) is 6.19.